The minimum Gasteiger partial charge on any atom is -0.0851 e. The van der Waals surface area contributed by atoms with Crippen molar-refractivity contribution in [1.29, 1.82) is 0 Å². The Balaban J connectivity index is 1.50. The maximum atomic E-state index is 2.54. The third-order valence-corrected chi connectivity index (χ3v) is 5.52. The Morgan fingerprint density at radius 3 is 2.29 bits per heavy atom. The number of rotatable bonds is 1. The minimum atomic E-state index is 0.988. The fourth-order valence-electron chi connectivity index (χ4n) is 4.64. The van der Waals surface area contributed by atoms with Crippen LogP contribution >= 0.6 is 0 Å². The van der Waals surface area contributed by atoms with Gasteiger partial charge in [0.25, 0.3) is 0 Å². The standard InChI is InChI=1S/C14H20/c1-2-11-5-9(1)6-14(11)12-4-3-10-7-13(10)8-12/h1-2,9-14H,3-8H2. The average molecular weight is 188 g/mol. The quantitative estimate of drug-likeness (QED) is 0.551. The molecule has 4 aliphatic rings. The molecule has 3 saturated carbocycles. The van der Waals surface area contributed by atoms with E-state index < -0.39 is 0 Å². The lowest BCUT2D eigenvalue weighted by molar-refractivity contribution is 0.212. The van der Waals surface area contributed by atoms with Gasteiger partial charge in [0, 0.05) is 0 Å². The van der Waals surface area contributed by atoms with E-state index in [0.29, 0.717) is 0 Å². The molecule has 4 aliphatic carbocycles. The molecule has 0 heterocycles. The summed E-state index contributed by atoms with van der Waals surface area (Å²) < 4.78 is 0. The first-order valence-electron chi connectivity index (χ1n) is 6.58. The highest BCUT2D eigenvalue weighted by Crippen LogP contribution is 2.57. The molecule has 76 valence electrons. The molecule has 0 spiro atoms. The predicted molar refractivity (Wildman–Crippen MR) is 57.8 cm³/mol. The van der Waals surface area contributed by atoms with Crippen LogP contribution in [0.5, 0.6) is 0 Å². The normalized spacial score (nSPS) is 58.9. The topological polar surface area (TPSA) is 0 Å². The van der Waals surface area contributed by atoms with Crippen LogP contribution in [-0.2, 0) is 0 Å². The molecule has 0 radical (unpaired) electrons. The summed E-state index contributed by atoms with van der Waals surface area (Å²) in [4.78, 5) is 0. The van der Waals surface area contributed by atoms with E-state index in [1.54, 1.807) is 32.1 Å². The third kappa shape index (κ3) is 1.06. The van der Waals surface area contributed by atoms with Crippen molar-refractivity contribution in [3.8, 4) is 0 Å². The SMILES string of the molecule is C1=CC2CC1CC2C1CCC2CC2C1. The van der Waals surface area contributed by atoms with Crippen molar-refractivity contribution >= 4 is 0 Å². The van der Waals surface area contributed by atoms with Crippen molar-refractivity contribution in [3.05, 3.63) is 12.2 Å². The molecule has 0 saturated heterocycles. The Morgan fingerprint density at radius 2 is 1.57 bits per heavy atom. The zero-order valence-corrected chi connectivity index (χ0v) is 8.86. The van der Waals surface area contributed by atoms with E-state index in [1.165, 1.54) is 18.3 Å². The fourth-order valence-corrected chi connectivity index (χ4v) is 4.64. The van der Waals surface area contributed by atoms with Crippen LogP contribution < -0.4 is 0 Å². The summed E-state index contributed by atoms with van der Waals surface area (Å²) in [6, 6.07) is 0. The molecule has 0 aromatic carbocycles. The Hall–Kier alpha value is -0.260. The van der Waals surface area contributed by atoms with Crippen LogP contribution in [0.3, 0.4) is 0 Å². The van der Waals surface area contributed by atoms with Crippen molar-refractivity contribution in [3.63, 3.8) is 0 Å². The van der Waals surface area contributed by atoms with Crippen molar-refractivity contribution in [1.82, 2.24) is 0 Å². The summed E-state index contributed by atoms with van der Waals surface area (Å²) in [7, 11) is 0. The fraction of sp³-hybridized carbons (Fsp3) is 0.857. The van der Waals surface area contributed by atoms with Crippen LogP contribution in [0.2, 0.25) is 0 Å². The van der Waals surface area contributed by atoms with E-state index in [9.17, 15) is 0 Å². The van der Waals surface area contributed by atoms with Gasteiger partial charge >= 0.3 is 0 Å². The smallest absolute Gasteiger partial charge is 0.0197 e. The van der Waals surface area contributed by atoms with Gasteiger partial charge in [-0.3, -0.25) is 0 Å². The van der Waals surface area contributed by atoms with Gasteiger partial charge in [-0.2, -0.15) is 0 Å². The van der Waals surface area contributed by atoms with Crippen molar-refractivity contribution < 1.29 is 0 Å². The molecule has 0 amide bonds. The molecule has 0 heteroatoms. The van der Waals surface area contributed by atoms with Gasteiger partial charge in [-0.05, 0) is 74.0 Å². The molecule has 6 unspecified atom stereocenters. The van der Waals surface area contributed by atoms with Crippen LogP contribution in [-0.4, -0.2) is 0 Å². The van der Waals surface area contributed by atoms with Gasteiger partial charge in [0.15, 0.2) is 0 Å². The van der Waals surface area contributed by atoms with Gasteiger partial charge in [-0.15, -0.1) is 0 Å². The summed E-state index contributed by atoms with van der Waals surface area (Å²) in [5.74, 6) is 6.57. The summed E-state index contributed by atoms with van der Waals surface area (Å²) in [6.45, 7) is 0. The van der Waals surface area contributed by atoms with E-state index >= 15 is 0 Å². The van der Waals surface area contributed by atoms with Crippen LogP contribution in [0, 0.1) is 35.5 Å². The summed E-state index contributed by atoms with van der Waals surface area (Å²) >= 11 is 0. The molecule has 4 rings (SSSR count). The van der Waals surface area contributed by atoms with Gasteiger partial charge in [0.05, 0.1) is 0 Å². The molecule has 14 heavy (non-hydrogen) atoms. The van der Waals surface area contributed by atoms with Crippen molar-refractivity contribution in [2.24, 2.45) is 35.5 Å². The third-order valence-electron chi connectivity index (χ3n) is 5.52. The van der Waals surface area contributed by atoms with E-state index in [2.05, 4.69) is 12.2 Å². The highest BCUT2D eigenvalue weighted by molar-refractivity contribution is 5.12. The van der Waals surface area contributed by atoms with E-state index in [-0.39, 0.29) is 0 Å². The van der Waals surface area contributed by atoms with Crippen molar-refractivity contribution in [2.45, 2.75) is 38.5 Å². The highest BCUT2D eigenvalue weighted by Gasteiger charge is 2.47. The Bertz CT molecular complexity index is 278. The van der Waals surface area contributed by atoms with E-state index in [1.807, 2.05) is 0 Å². The number of hydrogen-bond donors (Lipinski definition) is 0. The van der Waals surface area contributed by atoms with Gasteiger partial charge < -0.3 is 0 Å². The number of hydrogen-bond acceptors (Lipinski definition) is 0. The largest absolute Gasteiger partial charge is 0.0851 e. The lowest BCUT2D eigenvalue weighted by Gasteiger charge is -2.31. The molecule has 0 nitrogen and oxygen atoms in total. The molecule has 0 aromatic heterocycles. The van der Waals surface area contributed by atoms with Gasteiger partial charge in [-0.25, -0.2) is 0 Å². The van der Waals surface area contributed by atoms with Crippen LogP contribution in [0.4, 0.5) is 0 Å². The molecule has 3 fully saturated rings. The summed E-state index contributed by atoms with van der Waals surface area (Å²) in [6.07, 6.45) is 14.4. The van der Waals surface area contributed by atoms with Gasteiger partial charge in [-0.1, -0.05) is 12.2 Å². The molecule has 0 aliphatic heterocycles. The first-order valence-corrected chi connectivity index (χ1v) is 6.58. The molecule has 2 bridgehead atoms. The van der Waals surface area contributed by atoms with Crippen LogP contribution in [0.1, 0.15) is 38.5 Å². The molecule has 0 aromatic rings. The van der Waals surface area contributed by atoms with Crippen LogP contribution in [0.25, 0.3) is 0 Å². The summed E-state index contributed by atoms with van der Waals surface area (Å²) in [5, 5.41) is 0. The lowest BCUT2D eigenvalue weighted by Crippen LogP contribution is -2.22. The maximum Gasteiger partial charge on any atom is -0.0197 e. The Labute approximate surface area is 86.8 Å². The average Bonchev–Trinajstić information content (AvgIpc) is 2.67. The first kappa shape index (κ1) is 7.96. The van der Waals surface area contributed by atoms with E-state index in [0.717, 1.165) is 23.7 Å². The highest BCUT2D eigenvalue weighted by atomic mass is 14.5. The van der Waals surface area contributed by atoms with Crippen molar-refractivity contribution in [2.75, 3.05) is 0 Å². The zero-order chi connectivity index (χ0) is 9.12. The number of allylic oxidation sites excluding steroid dienone is 2. The summed E-state index contributed by atoms with van der Waals surface area (Å²) in [5.41, 5.74) is 0. The van der Waals surface area contributed by atoms with E-state index in [4.69, 9.17) is 0 Å². The van der Waals surface area contributed by atoms with Gasteiger partial charge in [0.1, 0.15) is 0 Å². The second-order valence-electron chi connectivity index (χ2n) is 6.27. The minimum absolute atomic E-state index is 0.988. The predicted octanol–water partition coefficient (Wildman–Crippen LogP) is 3.63. The number of fused-ring (bicyclic) bond motifs is 3. The molecular formula is C14H20. The van der Waals surface area contributed by atoms with Gasteiger partial charge in [0.2, 0.25) is 0 Å². The van der Waals surface area contributed by atoms with Crippen LogP contribution in [0.15, 0.2) is 12.2 Å². The maximum absolute atomic E-state index is 2.54. The molecular weight excluding hydrogens is 168 g/mol. The zero-order valence-electron chi connectivity index (χ0n) is 8.86. The molecule has 6 atom stereocenters. The second-order valence-corrected chi connectivity index (χ2v) is 6.27. The first-order chi connectivity index (χ1) is 6.90. The Morgan fingerprint density at radius 1 is 0.714 bits per heavy atom. The second kappa shape index (κ2) is 2.65. The monoisotopic (exact) mass is 188 g/mol. The molecule has 0 N–H and O–H groups in total. The lowest BCUT2D eigenvalue weighted by atomic mass is 9.74. The Kier molecular flexibility index (Phi) is 1.51.